The number of carbonyl (C=O) groups is 3. The first-order valence-electron chi connectivity index (χ1n) is 10.8. The molecule has 36 heavy (non-hydrogen) atoms. The quantitative estimate of drug-likeness (QED) is 0.111. The Morgan fingerprint density at radius 1 is 0.472 bits per heavy atom. The molecule has 0 fully saturated rings. The van der Waals surface area contributed by atoms with Gasteiger partial charge in [0.2, 0.25) is 0 Å². The number of alkyl halides is 6. The summed E-state index contributed by atoms with van der Waals surface area (Å²) in [5.74, 6) is -17.7. The van der Waals surface area contributed by atoms with E-state index >= 15 is 0 Å². The van der Waals surface area contributed by atoms with Gasteiger partial charge in [-0.2, -0.15) is 0 Å². The Labute approximate surface area is 275 Å². The van der Waals surface area contributed by atoms with Crippen molar-refractivity contribution >= 4 is 17.9 Å². The fraction of sp³-hybridized carbons (Fsp3) is 0.857. The Morgan fingerprint density at radius 3 is 0.750 bits per heavy atom. The molecule has 0 spiro atoms. The minimum Gasteiger partial charge on any atom is -0.544 e. The second-order valence-electron chi connectivity index (χ2n) is 7.35. The number of carbonyl (C=O) groups excluding carboxylic acids is 3. The summed E-state index contributed by atoms with van der Waals surface area (Å²) in [4.78, 5) is 29.3. The summed E-state index contributed by atoms with van der Waals surface area (Å²) in [6.07, 6.45) is 3.14. The van der Waals surface area contributed by atoms with Crippen molar-refractivity contribution < 1.29 is 145 Å². The molecule has 0 radical (unpaired) electrons. The fourth-order valence-corrected chi connectivity index (χ4v) is 2.10. The van der Waals surface area contributed by atoms with Gasteiger partial charge >= 0.3 is 88.7 Å². The van der Waals surface area contributed by atoms with Crippen LogP contribution in [-0.2, 0) is 14.4 Å². The van der Waals surface area contributed by atoms with Gasteiger partial charge in [-0.25, -0.2) is 26.3 Å². The van der Waals surface area contributed by atoms with Gasteiger partial charge in [0.25, 0.3) is 17.8 Å². The van der Waals surface area contributed by atoms with E-state index < -0.39 is 54.9 Å². The van der Waals surface area contributed by atoms with Crippen LogP contribution in [0.4, 0.5) is 26.3 Å². The van der Waals surface area contributed by atoms with E-state index in [9.17, 15) is 56.0 Å². The fourth-order valence-electron chi connectivity index (χ4n) is 2.10. The zero-order chi connectivity index (χ0) is 26.7. The molecule has 0 aliphatic carbocycles. The van der Waals surface area contributed by atoms with Crippen molar-refractivity contribution in [1.82, 2.24) is 0 Å². The van der Waals surface area contributed by atoms with Crippen LogP contribution >= 0.6 is 0 Å². The maximum atomic E-state index is 12.2. The first kappa shape index (κ1) is 49.9. The summed E-state index contributed by atoms with van der Waals surface area (Å²) in [6, 6.07) is 0. The van der Waals surface area contributed by atoms with Gasteiger partial charge in [-0.15, -0.1) is 0 Å². The molecule has 0 rings (SSSR count). The number of unbranched alkanes of at least 4 members (excludes halogenated alkanes) is 6. The standard InChI is InChI=1S/3C7H12F2O2.3Na/c3*1-2-3-4-5-7(8,9)6(10)11;;;/h3*2-5H2,1H3,(H,10,11);;;/q;;;3*+1/p-3. The third kappa shape index (κ3) is 29.5. The van der Waals surface area contributed by atoms with Crippen LogP contribution < -0.4 is 104 Å². The molecule has 6 nitrogen and oxygen atoms in total. The molecule has 15 heteroatoms. The first-order valence-corrected chi connectivity index (χ1v) is 10.8. The van der Waals surface area contributed by atoms with Gasteiger partial charge in [-0.1, -0.05) is 59.3 Å². The van der Waals surface area contributed by atoms with Crippen molar-refractivity contribution in [2.24, 2.45) is 0 Å². The molecule has 0 amide bonds. The number of aliphatic carboxylic acids is 3. The summed E-state index contributed by atoms with van der Waals surface area (Å²) < 4.78 is 73.2. The Balaban J connectivity index is -0.0000000900. The molecular formula is C21H33F6Na3O6. The first-order chi connectivity index (χ1) is 15.0. The van der Waals surface area contributed by atoms with Gasteiger partial charge in [-0.05, 0) is 19.3 Å². The zero-order valence-electron chi connectivity index (χ0n) is 22.2. The van der Waals surface area contributed by atoms with Crippen LogP contribution in [-0.4, -0.2) is 35.7 Å². The molecule has 0 aromatic carbocycles. The molecule has 0 aliphatic heterocycles. The summed E-state index contributed by atoms with van der Waals surface area (Å²) in [6.45, 7) is 5.57. The van der Waals surface area contributed by atoms with Gasteiger partial charge in [0.1, 0.15) is 17.9 Å². The van der Waals surface area contributed by atoms with Crippen molar-refractivity contribution in [2.45, 2.75) is 116 Å². The van der Waals surface area contributed by atoms with E-state index in [1.165, 1.54) is 0 Å². The number of carboxylic acids is 3. The van der Waals surface area contributed by atoms with E-state index in [0.717, 1.165) is 19.3 Å². The minimum atomic E-state index is -3.64. The smallest absolute Gasteiger partial charge is 0.544 e. The summed E-state index contributed by atoms with van der Waals surface area (Å²) in [5, 5.41) is 29.3. The summed E-state index contributed by atoms with van der Waals surface area (Å²) >= 11 is 0. The number of hydrogen-bond acceptors (Lipinski definition) is 6. The van der Waals surface area contributed by atoms with Gasteiger partial charge in [0.05, 0.1) is 0 Å². The molecule has 0 N–H and O–H groups in total. The van der Waals surface area contributed by atoms with E-state index in [1.807, 2.05) is 20.8 Å². The molecule has 0 aliphatic rings. The average Bonchev–Trinajstić information content (AvgIpc) is 2.69. The average molecular weight is 564 g/mol. The maximum Gasteiger partial charge on any atom is 1.00 e. The van der Waals surface area contributed by atoms with Crippen molar-refractivity contribution in [3.8, 4) is 0 Å². The van der Waals surface area contributed by atoms with E-state index in [-0.39, 0.29) is 108 Å². The van der Waals surface area contributed by atoms with Gasteiger partial charge in [0, 0.05) is 19.3 Å². The van der Waals surface area contributed by atoms with Crippen molar-refractivity contribution in [2.75, 3.05) is 0 Å². The second-order valence-corrected chi connectivity index (χ2v) is 7.35. The third-order valence-corrected chi connectivity index (χ3v) is 4.18. The minimum absolute atomic E-state index is 0. The molecule has 0 saturated carbocycles. The third-order valence-electron chi connectivity index (χ3n) is 4.18. The van der Waals surface area contributed by atoms with E-state index in [4.69, 9.17) is 0 Å². The van der Waals surface area contributed by atoms with Gasteiger partial charge in [-0.3, -0.25) is 0 Å². The van der Waals surface area contributed by atoms with E-state index in [0.29, 0.717) is 19.3 Å². The number of halogens is 6. The Hall–Kier alpha value is 0.990. The van der Waals surface area contributed by atoms with Crippen LogP contribution in [0.1, 0.15) is 97.8 Å². The van der Waals surface area contributed by atoms with Crippen LogP contribution in [0.15, 0.2) is 0 Å². The number of hydrogen-bond donors (Lipinski definition) is 0. The Kier molecular flexibility index (Phi) is 38.2. The zero-order valence-corrected chi connectivity index (χ0v) is 28.2. The largest absolute Gasteiger partial charge is 1.00 e. The monoisotopic (exact) mass is 564 g/mol. The van der Waals surface area contributed by atoms with E-state index in [2.05, 4.69) is 0 Å². The molecule has 0 aromatic rings. The molecule has 0 aromatic heterocycles. The Bertz CT molecular complexity index is 494. The SMILES string of the molecule is CCCCCC(F)(F)C(=O)[O-].CCCCCC(F)(F)C(=O)[O-].CCCCCC(F)(F)C(=O)[O-].[Na+].[Na+].[Na+]. The van der Waals surface area contributed by atoms with Crippen LogP contribution in [0.3, 0.4) is 0 Å². The van der Waals surface area contributed by atoms with E-state index in [1.54, 1.807) is 0 Å². The van der Waals surface area contributed by atoms with Crippen LogP contribution in [0.5, 0.6) is 0 Å². The topological polar surface area (TPSA) is 120 Å². The number of rotatable bonds is 15. The van der Waals surface area contributed by atoms with Crippen LogP contribution in [0.25, 0.3) is 0 Å². The normalized spacial score (nSPS) is 10.6. The molecule has 198 valence electrons. The predicted octanol–water partition coefficient (Wildman–Crippen LogP) is -6.13. The molecule has 0 atom stereocenters. The second kappa shape index (κ2) is 27.6. The number of carboxylic acid groups (broad SMARTS) is 3. The maximum absolute atomic E-state index is 12.2. The Morgan fingerprint density at radius 2 is 0.639 bits per heavy atom. The molecule has 0 heterocycles. The molecule has 0 bridgehead atoms. The predicted molar refractivity (Wildman–Crippen MR) is 102 cm³/mol. The van der Waals surface area contributed by atoms with Crippen molar-refractivity contribution in [3.05, 3.63) is 0 Å². The molecule has 0 saturated heterocycles. The van der Waals surface area contributed by atoms with Gasteiger partial charge < -0.3 is 29.7 Å². The summed E-state index contributed by atoms with van der Waals surface area (Å²) in [7, 11) is 0. The van der Waals surface area contributed by atoms with Gasteiger partial charge in [0.15, 0.2) is 0 Å². The van der Waals surface area contributed by atoms with Crippen molar-refractivity contribution in [3.63, 3.8) is 0 Å². The van der Waals surface area contributed by atoms with Crippen LogP contribution in [0.2, 0.25) is 0 Å². The van der Waals surface area contributed by atoms with Crippen molar-refractivity contribution in [1.29, 1.82) is 0 Å². The summed E-state index contributed by atoms with van der Waals surface area (Å²) in [5.41, 5.74) is 0. The molecular weight excluding hydrogens is 531 g/mol. The van der Waals surface area contributed by atoms with Crippen LogP contribution in [0, 0.1) is 0 Å². The molecule has 0 unspecified atom stereocenters.